The lowest BCUT2D eigenvalue weighted by Crippen LogP contribution is -2.31. The number of esters is 1. The largest absolute Gasteiger partial charge is 0.462 e. The van der Waals surface area contributed by atoms with Crippen molar-refractivity contribution in [2.45, 2.75) is 26.4 Å². The molecular weight excluding hydrogens is 244 g/mol. The van der Waals surface area contributed by atoms with Gasteiger partial charge in [0.15, 0.2) is 0 Å². The van der Waals surface area contributed by atoms with Crippen molar-refractivity contribution in [3.63, 3.8) is 0 Å². The van der Waals surface area contributed by atoms with Gasteiger partial charge in [0.05, 0.1) is 12.2 Å². The monoisotopic (exact) mass is 258 g/mol. The second-order valence-electron chi connectivity index (χ2n) is 3.68. The van der Waals surface area contributed by atoms with Crippen molar-refractivity contribution in [3.8, 4) is 0 Å². The molecule has 1 rings (SSSR count). The molecule has 6 heteroatoms. The molecule has 0 saturated carbocycles. The third-order valence-corrected chi connectivity index (χ3v) is 2.49. The van der Waals surface area contributed by atoms with Crippen LogP contribution in [0.5, 0.6) is 0 Å². The quantitative estimate of drug-likeness (QED) is 0.647. The fourth-order valence-electron chi connectivity index (χ4n) is 1.37. The minimum atomic E-state index is -0.545. The van der Waals surface area contributed by atoms with E-state index in [4.69, 9.17) is 22.1 Å². The molecule has 0 aliphatic rings. The number of ether oxygens (including phenoxy) is 1. The van der Waals surface area contributed by atoms with Gasteiger partial charge in [0, 0.05) is 18.7 Å². The Labute approximate surface area is 104 Å². The minimum absolute atomic E-state index is 0.0632. The molecule has 17 heavy (non-hydrogen) atoms. The van der Waals surface area contributed by atoms with Crippen LogP contribution in [0.4, 0.5) is 0 Å². The van der Waals surface area contributed by atoms with E-state index in [0.717, 1.165) is 0 Å². The lowest BCUT2D eigenvalue weighted by molar-refractivity contribution is 0.0525. The number of halogens is 1. The van der Waals surface area contributed by atoms with Gasteiger partial charge in [0.25, 0.3) is 5.56 Å². The Hall–Kier alpha value is -1.33. The third kappa shape index (κ3) is 3.31. The Balaban J connectivity index is 3.18. The Morgan fingerprint density at radius 1 is 1.59 bits per heavy atom. The molecule has 0 fully saturated rings. The lowest BCUT2D eigenvalue weighted by atomic mass is 10.2. The first-order valence-electron chi connectivity index (χ1n) is 5.29. The molecule has 94 valence electrons. The number of nitrogens with two attached hydrogens (primary N) is 1. The molecule has 2 N–H and O–H groups in total. The van der Waals surface area contributed by atoms with Gasteiger partial charge in [-0.1, -0.05) is 11.6 Å². The number of rotatable bonds is 4. The van der Waals surface area contributed by atoms with Crippen molar-refractivity contribution in [2.24, 2.45) is 5.73 Å². The van der Waals surface area contributed by atoms with E-state index in [2.05, 4.69) is 0 Å². The van der Waals surface area contributed by atoms with Crippen molar-refractivity contribution in [3.05, 3.63) is 33.2 Å². The van der Waals surface area contributed by atoms with Gasteiger partial charge in [-0.2, -0.15) is 0 Å². The van der Waals surface area contributed by atoms with Gasteiger partial charge in [-0.15, -0.1) is 0 Å². The smallest absolute Gasteiger partial charge is 0.341 e. The highest BCUT2D eigenvalue weighted by molar-refractivity contribution is 6.32. The van der Waals surface area contributed by atoms with Crippen LogP contribution >= 0.6 is 11.6 Å². The van der Waals surface area contributed by atoms with Crippen LogP contribution < -0.4 is 11.3 Å². The zero-order valence-electron chi connectivity index (χ0n) is 9.77. The summed E-state index contributed by atoms with van der Waals surface area (Å²) in [4.78, 5) is 23.1. The molecule has 0 bridgehead atoms. The number of hydrogen-bond donors (Lipinski definition) is 1. The van der Waals surface area contributed by atoms with E-state index < -0.39 is 5.97 Å². The Bertz CT molecular complexity index is 468. The molecule has 5 nitrogen and oxygen atoms in total. The normalized spacial score (nSPS) is 12.2. The van der Waals surface area contributed by atoms with E-state index in [0.29, 0.717) is 0 Å². The molecule has 1 aromatic rings. The topological polar surface area (TPSA) is 74.3 Å². The molecule has 0 aliphatic carbocycles. The van der Waals surface area contributed by atoms with Crippen molar-refractivity contribution < 1.29 is 9.53 Å². The summed E-state index contributed by atoms with van der Waals surface area (Å²) in [7, 11) is 0. The molecule has 0 spiro atoms. The van der Waals surface area contributed by atoms with Crippen molar-refractivity contribution in [1.82, 2.24) is 4.57 Å². The predicted octanol–water partition coefficient (Wildman–Crippen LogP) is 1.03. The van der Waals surface area contributed by atoms with Gasteiger partial charge in [0.2, 0.25) is 0 Å². The fraction of sp³-hybridized carbons (Fsp3) is 0.455. The van der Waals surface area contributed by atoms with E-state index >= 15 is 0 Å². The van der Waals surface area contributed by atoms with Crippen LogP contribution in [0, 0.1) is 0 Å². The SMILES string of the molecule is CCOC(=O)c1ccc(=O)n(C[C@H](C)N)c1Cl. The lowest BCUT2D eigenvalue weighted by Gasteiger charge is -2.13. The second kappa shape index (κ2) is 5.84. The molecule has 1 atom stereocenters. The maximum absolute atomic E-state index is 11.6. The summed E-state index contributed by atoms with van der Waals surface area (Å²) >= 11 is 6.00. The number of nitrogens with zero attached hydrogens (tertiary/aromatic N) is 1. The number of carbonyl (C=O) groups excluding carboxylic acids is 1. The number of pyridine rings is 1. The summed E-state index contributed by atoms with van der Waals surface area (Å²) in [5.41, 5.74) is 5.50. The molecule has 0 radical (unpaired) electrons. The first-order valence-corrected chi connectivity index (χ1v) is 5.67. The number of aromatic nitrogens is 1. The van der Waals surface area contributed by atoms with Crippen LogP contribution in [0.2, 0.25) is 5.15 Å². The summed E-state index contributed by atoms with van der Waals surface area (Å²) in [6.45, 7) is 3.95. The maximum Gasteiger partial charge on any atom is 0.341 e. The first kappa shape index (κ1) is 13.7. The van der Waals surface area contributed by atoms with Crippen LogP contribution in [0.1, 0.15) is 24.2 Å². The van der Waals surface area contributed by atoms with Gasteiger partial charge >= 0.3 is 5.97 Å². The number of hydrogen-bond acceptors (Lipinski definition) is 4. The van der Waals surface area contributed by atoms with E-state index in [1.54, 1.807) is 13.8 Å². The van der Waals surface area contributed by atoms with E-state index in [-0.39, 0.29) is 35.5 Å². The van der Waals surface area contributed by atoms with Crippen LogP contribution in [-0.4, -0.2) is 23.2 Å². The summed E-state index contributed by atoms with van der Waals surface area (Å²) in [5.74, 6) is -0.545. The fourth-order valence-corrected chi connectivity index (χ4v) is 1.67. The Morgan fingerprint density at radius 3 is 2.76 bits per heavy atom. The van der Waals surface area contributed by atoms with Gasteiger partial charge in [-0.05, 0) is 19.9 Å². The number of carbonyl (C=O) groups is 1. The van der Waals surface area contributed by atoms with E-state index in [1.165, 1.54) is 16.7 Å². The summed E-state index contributed by atoms with van der Waals surface area (Å²) in [6, 6.07) is 2.41. The van der Waals surface area contributed by atoms with Crippen LogP contribution in [0.25, 0.3) is 0 Å². The predicted molar refractivity (Wildman–Crippen MR) is 65.3 cm³/mol. The van der Waals surface area contributed by atoms with Crippen molar-refractivity contribution in [2.75, 3.05) is 6.61 Å². The Kier molecular flexibility index (Phi) is 4.72. The minimum Gasteiger partial charge on any atom is -0.462 e. The molecule has 0 saturated heterocycles. The Morgan fingerprint density at radius 2 is 2.24 bits per heavy atom. The average Bonchev–Trinajstić information content (AvgIpc) is 2.24. The first-order chi connectivity index (χ1) is 7.97. The van der Waals surface area contributed by atoms with Gasteiger partial charge < -0.3 is 10.5 Å². The van der Waals surface area contributed by atoms with Crippen LogP contribution in [0.3, 0.4) is 0 Å². The highest BCUT2D eigenvalue weighted by atomic mass is 35.5. The van der Waals surface area contributed by atoms with Gasteiger partial charge in [-0.25, -0.2) is 4.79 Å². The van der Waals surface area contributed by atoms with Crippen molar-refractivity contribution >= 4 is 17.6 Å². The molecular formula is C11H15ClN2O3. The molecule has 0 aliphatic heterocycles. The van der Waals surface area contributed by atoms with Crippen LogP contribution in [-0.2, 0) is 11.3 Å². The third-order valence-electron chi connectivity index (χ3n) is 2.08. The summed E-state index contributed by atoms with van der Waals surface area (Å²) < 4.78 is 6.10. The van der Waals surface area contributed by atoms with Crippen LogP contribution in [0.15, 0.2) is 16.9 Å². The maximum atomic E-state index is 11.6. The van der Waals surface area contributed by atoms with E-state index in [1.807, 2.05) is 0 Å². The molecule has 0 unspecified atom stereocenters. The van der Waals surface area contributed by atoms with Gasteiger partial charge in [-0.3, -0.25) is 9.36 Å². The molecule has 1 heterocycles. The van der Waals surface area contributed by atoms with E-state index in [9.17, 15) is 9.59 Å². The van der Waals surface area contributed by atoms with Gasteiger partial charge in [0.1, 0.15) is 5.15 Å². The zero-order chi connectivity index (χ0) is 13.0. The highest BCUT2D eigenvalue weighted by Gasteiger charge is 2.16. The second-order valence-corrected chi connectivity index (χ2v) is 4.04. The average molecular weight is 259 g/mol. The summed E-state index contributed by atoms with van der Waals surface area (Å²) in [6.07, 6.45) is 0. The molecule has 0 amide bonds. The summed E-state index contributed by atoms with van der Waals surface area (Å²) in [5, 5.41) is 0.0632. The standard InChI is InChI=1S/C11H15ClN2O3/c1-3-17-11(16)8-4-5-9(15)14(10(8)12)6-7(2)13/h4-5,7H,3,6,13H2,1-2H3/t7-/m0/s1. The van der Waals surface area contributed by atoms with Crippen molar-refractivity contribution in [1.29, 1.82) is 0 Å². The molecule has 1 aromatic heterocycles. The highest BCUT2D eigenvalue weighted by Crippen LogP contribution is 2.15. The zero-order valence-corrected chi connectivity index (χ0v) is 10.5. The molecule has 0 aromatic carbocycles.